The van der Waals surface area contributed by atoms with Crippen molar-refractivity contribution in [1.29, 1.82) is 0 Å². The van der Waals surface area contributed by atoms with E-state index in [-0.39, 0.29) is 6.61 Å². The lowest BCUT2D eigenvalue weighted by molar-refractivity contribution is -0.137. The maximum atomic E-state index is 11.3. The fourth-order valence-electron chi connectivity index (χ4n) is 0.880. The topological polar surface area (TPSA) is 68.3 Å². The Morgan fingerprint density at radius 3 is 3.00 bits per heavy atom. The SMILES string of the molecule is C#Cc1cnc(NC(=O)/C=C/C(=O)OCC)s1. The molecule has 6 heteroatoms. The van der Waals surface area contributed by atoms with Gasteiger partial charge in [0.1, 0.15) is 0 Å². The van der Waals surface area contributed by atoms with E-state index in [0.29, 0.717) is 10.0 Å². The Labute approximate surface area is 103 Å². The molecule has 5 nitrogen and oxygen atoms in total. The third-order valence-electron chi connectivity index (χ3n) is 1.54. The van der Waals surface area contributed by atoms with Crippen LogP contribution in [0.1, 0.15) is 11.8 Å². The van der Waals surface area contributed by atoms with Crippen LogP contribution in [0.3, 0.4) is 0 Å². The molecule has 0 bridgehead atoms. The molecule has 1 aromatic rings. The van der Waals surface area contributed by atoms with Crippen LogP contribution in [0.4, 0.5) is 5.13 Å². The molecule has 0 fully saturated rings. The number of hydrogen-bond acceptors (Lipinski definition) is 5. The maximum absolute atomic E-state index is 11.3. The highest BCUT2D eigenvalue weighted by Crippen LogP contribution is 2.16. The summed E-state index contributed by atoms with van der Waals surface area (Å²) in [6.07, 6.45) is 8.77. The average Bonchev–Trinajstić information content (AvgIpc) is 2.74. The van der Waals surface area contributed by atoms with Crippen LogP contribution in [0.25, 0.3) is 0 Å². The number of carbonyl (C=O) groups is 2. The van der Waals surface area contributed by atoms with Crippen molar-refractivity contribution in [2.75, 3.05) is 11.9 Å². The molecule has 0 aliphatic carbocycles. The van der Waals surface area contributed by atoms with E-state index in [1.807, 2.05) is 0 Å². The Morgan fingerprint density at radius 2 is 2.41 bits per heavy atom. The zero-order valence-electron chi connectivity index (χ0n) is 9.10. The number of amides is 1. The van der Waals surface area contributed by atoms with Crippen molar-refractivity contribution in [3.05, 3.63) is 23.2 Å². The number of rotatable bonds is 4. The molecule has 0 saturated heterocycles. The summed E-state index contributed by atoms with van der Waals surface area (Å²) in [5.74, 6) is 1.37. The summed E-state index contributed by atoms with van der Waals surface area (Å²) in [4.78, 5) is 26.8. The molecule has 0 aliphatic rings. The summed E-state index contributed by atoms with van der Waals surface area (Å²) < 4.78 is 4.62. The van der Waals surface area contributed by atoms with Crippen LogP contribution in [0, 0.1) is 12.3 Å². The highest BCUT2D eigenvalue weighted by atomic mass is 32.1. The van der Waals surface area contributed by atoms with E-state index in [1.54, 1.807) is 6.92 Å². The van der Waals surface area contributed by atoms with Gasteiger partial charge in [-0.05, 0) is 6.92 Å². The zero-order chi connectivity index (χ0) is 12.7. The molecule has 1 amide bonds. The van der Waals surface area contributed by atoms with E-state index in [0.717, 1.165) is 12.2 Å². The van der Waals surface area contributed by atoms with Gasteiger partial charge in [-0.15, -0.1) is 6.42 Å². The van der Waals surface area contributed by atoms with Gasteiger partial charge in [-0.1, -0.05) is 17.3 Å². The van der Waals surface area contributed by atoms with Gasteiger partial charge in [-0.3, -0.25) is 10.1 Å². The molecule has 1 rings (SSSR count). The molecule has 88 valence electrons. The van der Waals surface area contributed by atoms with Crippen molar-refractivity contribution in [3.63, 3.8) is 0 Å². The van der Waals surface area contributed by atoms with E-state index < -0.39 is 11.9 Å². The lowest BCUT2D eigenvalue weighted by Gasteiger charge is -1.96. The number of anilines is 1. The predicted octanol–water partition coefficient (Wildman–Crippen LogP) is 1.18. The molecule has 1 N–H and O–H groups in total. The Balaban J connectivity index is 2.50. The minimum atomic E-state index is -0.564. The lowest BCUT2D eigenvalue weighted by atomic mass is 10.5. The number of hydrogen-bond donors (Lipinski definition) is 1. The highest BCUT2D eigenvalue weighted by molar-refractivity contribution is 7.16. The normalized spacial score (nSPS) is 9.88. The van der Waals surface area contributed by atoms with Crippen molar-refractivity contribution >= 4 is 28.3 Å². The monoisotopic (exact) mass is 250 g/mol. The number of aromatic nitrogens is 1. The number of nitrogens with zero attached hydrogens (tertiary/aromatic N) is 1. The van der Waals surface area contributed by atoms with Gasteiger partial charge < -0.3 is 4.74 Å². The number of thiazole rings is 1. The van der Waals surface area contributed by atoms with Crippen LogP contribution in [-0.2, 0) is 14.3 Å². The Hall–Kier alpha value is -2.13. The van der Waals surface area contributed by atoms with Gasteiger partial charge in [0.15, 0.2) is 5.13 Å². The van der Waals surface area contributed by atoms with Gasteiger partial charge in [0.2, 0.25) is 5.91 Å². The van der Waals surface area contributed by atoms with Crippen LogP contribution < -0.4 is 5.32 Å². The minimum Gasteiger partial charge on any atom is -0.463 e. The fraction of sp³-hybridized carbons (Fsp3) is 0.182. The standard InChI is InChI=1S/C11H10N2O3S/c1-3-8-7-12-11(17-8)13-9(14)5-6-10(15)16-4-2/h1,5-7H,4H2,2H3,(H,12,13,14)/b6-5+. The smallest absolute Gasteiger partial charge is 0.330 e. The summed E-state index contributed by atoms with van der Waals surface area (Å²) >= 11 is 1.18. The Morgan fingerprint density at radius 1 is 1.65 bits per heavy atom. The molecule has 0 saturated carbocycles. The van der Waals surface area contributed by atoms with Crippen molar-refractivity contribution < 1.29 is 14.3 Å². The number of terminal acetylenes is 1. The van der Waals surface area contributed by atoms with Crippen molar-refractivity contribution in [2.24, 2.45) is 0 Å². The minimum absolute atomic E-state index is 0.267. The second-order valence-electron chi connectivity index (χ2n) is 2.75. The van der Waals surface area contributed by atoms with Gasteiger partial charge in [0, 0.05) is 12.2 Å². The van der Waals surface area contributed by atoms with Crippen LogP contribution in [0.15, 0.2) is 18.3 Å². The summed E-state index contributed by atoms with van der Waals surface area (Å²) in [7, 11) is 0. The van der Waals surface area contributed by atoms with E-state index in [9.17, 15) is 9.59 Å². The molecular formula is C11H10N2O3S. The number of ether oxygens (including phenoxy) is 1. The quantitative estimate of drug-likeness (QED) is 0.495. The number of carbonyl (C=O) groups excluding carboxylic acids is 2. The maximum Gasteiger partial charge on any atom is 0.330 e. The van der Waals surface area contributed by atoms with Crippen molar-refractivity contribution in [3.8, 4) is 12.3 Å². The third-order valence-corrected chi connectivity index (χ3v) is 2.38. The molecule has 0 spiro atoms. The molecule has 17 heavy (non-hydrogen) atoms. The molecular weight excluding hydrogens is 240 g/mol. The summed E-state index contributed by atoms with van der Waals surface area (Å²) in [6.45, 7) is 1.95. The number of nitrogens with one attached hydrogen (secondary N) is 1. The first-order valence-electron chi connectivity index (χ1n) is 4.74. The first kappa shape index (κ1) is 12.9. The van der Waals surface area contributed by atoms with Gasteiger partial charge in [-0.2, -0.15) is 0 Å². The molecule has 1 heterocycles. The van der Waals surface area contributed by atoms with Gasteiger partial charge in [0.25, 0.3) is 0 Å². The number of esters is 1. The first-order chi connectivity index (χ1) is 8.15. The first-order valence-corrected chi connectivity index (χ1v) is 5.55. The second-order valence-corrected chi connectivity index (χ2v) is 3.78. The third kappa shape index (κ3) is 4.49. The second kappa shape index (κ2) is 6.45. The fourth-order valence-corrected chi connectivity index (χ4v) is 1.51. The summed E-state index contributed by atoms with van der Waals surface area (Å²) in [5, 5.41) is 2.86. The predicted molar refractivity (Wildman–Crippen MR) is 64.5 cm³/mol. The van der Waals surface area contributed by atoms with Crippen LogP contribution in [-0.4, -0.2) is 23.5 Å². The molecule has 0 aliphatic heterocycles. The van der Waals surface area contributed by atoms with E-state index >= 15 is 0 Å². The van der Waals surface area contributed by atoms with Crippen molar-refractivity contribution in [1.82, 2.24) is 4.98 Å². The van der Waals surface area contributed by atoms with Crippen LogP contribution >= 0.6 is 11.3 Å². The van der Waals surface area contributed by atoms with Gasteiger partial charge >= 0.3 is 5.97 Å². The molecule has 0 unspecified atom stereocenters. The van der Waals surface area contributed by atoms with Crippen LogP contribution in [0.5, 0.6) is 0 Å². The molecule has 1 aromatic heterocycles. The van der Waals surface area contributed by atoms with Crippen LogP contribution in [0.2, 0.25) is 0 Å². The largest absolute Gasteiger partial charge is 0.463 e. The summed E-state index contributed by atoms with van der Waals surface area (Å²) in [5.41, 5.74) is 0. The Kier molecular flexibility index (Phi) is 4.91. The van der Waals surface area contributed by atoms with E-state index in [2.05, 4.69) is 21.0 Å². The summed E-state index contributed by atoms with van der Waals surface area (Å²) in [6, 6.07) is 0. The zero-order valence-corrected chi connectivity index (χ0v) is 9.91. The molecule has 0 aromatic carbocycles. The molecule has 0 radical (unpaired) electrons. The van der Waals surface area contributed by atoms with Crippen molar-refractivity contribution in [2.45, 2.75) is 6.92 Å². The van der Waals surface area contributed by atoms with Gasteiger partial charge in [0.05, 0.1) is 17.7 Å². The molecule has 0 atom stereocenters. The lowest BCUT2D eigenvalue weighted by Crippen LogP contribution is -2.09. The van der Waals surface area contributed by atoms with E-state index in [1.165, 1.54) is 17.5 Å². The van der Waals surface area contributed by atoms with E-state index in [4.69, 9.17) is 6.42 Å². The average molecular weight is 250 g/mol. The van der Waals surface area contributed by atoms with Gasteiger partial charge in [-0.25, -0.2) is 9.78 Å². The Bertz CT molecular complexity index is 485. The highest BCUT2D eigenvalue weighted by Gasteiger charge is 2.03.